The van der Waals surface area contributed by atoms with Crippen molar-refractivity contribution in [1.29, 1.82) is 5.41 Å². The van der Waals surface area contributed by atoms with Crippen molar-refractivity contribution in [2.45, 2.75) is 6.42 Å². The van der Waals surface area contributed by atoms with Gasteiger partial charge in [0.15, 0.2) is 0 Å². The van der Waals surface area contributed by atoms with Crippen molar-refractivity contribution < 1.29 is 9.59 Å². The first-order valence-corrected chi connectivity index (χ1v) is 6.53. The second-order valence-corrected chi connectivity index (χ2v) is 4.63. The van der Waals surface area contributed by atoms with Crippen molar-refractivity contribution in [2.75, 3.05) is 9.80 Å². The van der Waals surface area contributed by atoms with Crippen molar-refractivity contribution in [3.63, 3.8) is 0 Å². The van der Waals surface area contributed by atoms with Crippen LogP contribution in [0.25, 0.3) is 0 Å². The molecule has 1 heterocycles. The third-order valence-electron chi connectivity index (χ3n) is 3.25. The number of para-hydroxylation sites is 2. The van der Waals surface area contributed by atoms with Crippen molar-refractivity contribution in [3.8, 4) is 0 Å². The Bertz CT molecular complexity index is 638. The van der Waals surface area contributed by atoms with Gasteiger partial charge in [-0.05, 0) is 24.3 Å². The number of guanidine groups is 1. The van der Waals surface area contributed by atoms with Crippen molar-refractivity contribution >= 4 is 29.1 Å². The Labute approximate surface area is 121 Å². The Morgan fingerprint density at radius 2 is 1.10 bits per heavy atom. The van der Waals surface area contributed by atoms with Gasteiger partial charge in [0.05, 0.1) is 11.4 Å². The molecule has 0 spiro atoms. The zero-order valence-electron chi connectivity index (χ0n) is 11.2. The molecule has 0 atom stereocenters. The van der Waals surface area contributed by atoms with Crippen LogP contribution in [0.15, 0.2) is 60.7 Å². The summed E-state index contributed by atoms with van der Waals surface area (Å²) in [5.41, 5.74) is 1.17. The Morgan fingerprint density at radius 1 is 0.714 bits per heavy atom. The number of rotatable bonds is 2. The Hall–Kier alpha value is -2.95. The maximum absolute atomic E-state index is 12.1. The number of carbonyl (C=O) groups is 2. The number of hydrogen-bond donors (Lipinski definition) is 1. The maximum Gasteiger partial charge on any atom is 0.243 e. The van der Waals surface area contributed by atoms with Gasteiger partial charge in [0, 0.05) is 0 Å². The average Bonchev–Trinajstić information content (AvgIpc) is 2.49. The third kappa shape index (κ3) is 2.29. The quantitative estimate of drug-likeness (QED) is 0.858. The molecule has 1 N–H and O–H groups in total. The van der Waals surface area contributed by atoms with Gasteiger partial charge in [-0.25, -0.2) is 9.80 Å². The summed E-state index contributed by atoms with van der Waals surface area (Å²) < 4.78 is 0. The molecule has 5 nitrogen and oxygen atoms in total. The van der Waals surface area contributed by atoms with Crippen molar-refractivity contribution in [3.05, 3.63) is 60.7 Å². The van der Waals surface area contributed by atoms with Gasteiger partial charge in [-0.1, -0.05) is 36.4 Å². The van der Waals surface area contributed by atoms with Crippen LogP contribution in [0.4, 0.5) is 11.4 Å². The van der Waals surface area contributed by atoms with Crippen molar-refractivity contribution in [1.82, 2.24) is 0 Å². The molecule has 0 aliphatic carbocycles. The van der Waals surface area contributed by atoms with Gasteiger partial charge >= 0.3 is 0 Å². The van der Waals surface area contributed by atoms with Gasteiger partial charge in [0.1, 0.15) is 6.42 Å². The van der Waals surface area contributed by atoms with Gasteiger partial charge in [0.25, 0.3) is 0 Å². The highest BCUT2D eigenvalue weighted by atomic mass is 16.2. The van der Waals surface area contributed by atoms with Crippen LogP contribution >= 0.6 is 0 Å². The number of nitrogens with zero attached hydrogens (tertiary/aromatic N) is 2. The van der Waals surface area contributed by atoms with Crippen molar-refractivity contribution in [2.24, 2.45) is 0 Å². The SMILES string of the molecule is N=C1N(c2ccccc2)C(=O)CC(=O)N1c1ccccc1. The molecule has 104 valence electrons. The minimum Gasteiger partial charge on any atom is -0.273 e. The highest BCUT2D eigenvalue weighted by Crippen LogP contribution is 2.25. The minimum atomic E-state index is -0.386. The number of carbonyl (C=O) groups excluding carboxylic acids is 2. The van der Waals surface area contributed by atoms with Crippen LogP contribution in [0, 0.1) is 5.41 Å². The molecular weight excluding hydrogens is 266 g/mol. The van der Waals surface area contributed by atoms with E-state index < -0.39 is 0 Å². The molecule has 1 aliphatic rings. The fraction of sp³-hybridized carbons (Fsp3) is 0.0625. The summed E-state index contributed by atoms with van der Waals surface area (Å²) >= 11 is 0. The summed E-state index contributed by atoms with van der Waals surface area (Å²) in [7, 11) is 0. The second-order valence-electron chi connectivity index (χ2n) is 4.63. The van der Waals surface area contributed by atoms with Gasteiger partial charge < -0.3 is 0 Å². The lowest BCUT2D eigenvalue weighted by molar-refractivity contribution is -0.126. The lowest BCUT2D eigenvalue weighted by Gasteiger charge is -2.35. The van der Waals surface area contributed by atoms with E-state index in [-0.39, 0.29) is 24.2 Å². The molecule has 21 heavy (non-hydrogen) atoms. The molecule has 0 saturated carbocycles. The van der Waals surface area contributed by atoms with E-state index in [4.69, 9.17) is 5.41 Å². The zero-order chi connectivity index (χ0) is 14.8. The fourth-order valence-electron chi connectivity index (χ4n) is 2.31. The van der Waals surface area contributed by atoms with Gasteiger partial charge in [-0.15, -0.1) is 0 Å². The molecule has 2 amide bonds. The van der Waals surface area contributed by atoms with E-state index in [0.29, 0.717) is 11.4 Å². The molecule has 0 aromatic heterocycles. The second kappa shape index (κ2) is 5.20. The predicted molar refractivity (Wildman–Crippen MR) is 80.2 cm³/mol. The first kappa shape index (κ1) is 13.1. The number of nitrogens with one attached hydrogen (secondary N) is 1. The molecule has 2 aromatic rings. The standard InChI is InChI=1S/C16H13N3O2/c17-16-18(12-7-3-1-4-8-12)14(20)11-15(21)19(16)13-9-5-2-6-10-13/h1-10,17H,11H2. The molecule has 1 aliphatic heterocycles. The molecule has 0 radical (unpaired) electrons. The van der Waals surface area contributed by atoms with E-state index >= 15 is 0 Å². The summed E-state index contributed by atoms with van der Waals surface area (Å²) in [6, 6.07) is 17.8. The fourth-order valence-corrected chi connectivity index (χ4v) is 2.31. The molecule has 5 heteroatoms. The summed E-state index contributed by atoms with van der Waals surface area (Å²) in [5.74, 6) is -0.916. The van der Waals surface area contributed by atoms with Gasteiger partial charge in [-0.2, -0.15) is 0 Å². The van der Waals surface area contributed by atoms with Crippen LogP contribution in [0.5, 0.6) is 0 Å². The maximum atomic E-state index is 12.1. The van der Waals surface area contributed by atoms with Crippen LogP contribution in [0.1, 0.15) is 6.42 Å². The lowest BCUT2D eigenvalue weighted by Crippen LogP contribution is -2.56. The van der Waals surface area contributed by atoms with Crippen LogP contribution in [-0.4, -0.2) is 17.8 Å². The Kier molecular flexibility index (Phi) is 3.23. The summed E-state index contributed by atoms with van der Waals surface area (Å²) in [4.78, 5) is 26.8. The van der Waals surface area contributed by atoms with E-state index in [1.165, 1.54) is 9.80 Å². The van der Waals surface area contributed by atoms with Gasteiger partial charge in [-0.3, -0.25) is 15.0 Å². The topological polar surface area (TPSA) is 64.5 Å². The molecule has 3 rings (SSSR count). The molecule has 0 bridgehead atoms. The van der Waals surface area contributed by atoms with E-state index in [2.05, 4.69) is 0 Å². The normalized spacial score (nSPS) is 15.5. The monoisotopic (exact) mass is 279 g/mol. The Balaban J connectivity index is 2.02. The highest BCUT2D eigenvalue weighted by Gasteiger charge is 2.36. The van der Waals surface area contributed by atoms with E-state index in [1.54, 1.807) is 48.5 Å². The number of anilines is 2. The number of benzene rings is 2. The first-order valence-electron chi connectivity index (χ1n) is 6.53. The summed E-state index contributed by atoms with van der Waals surface area (Å²) in [6.07, 6.45) is -0.244. The van der Waals surface area contributed by atoms with Crippen LogP contribution in [0.2, 0.25) is 0 Å². The number of hydrogen-bond acceptors (Lipinski definition) is 3. The molecule has 2 aromatic carbocycles. The summed E-state index contributed by atoms with van der Waals surface area (Å²) in [5, 5.41) is 8.25. The molecule has 1 fully saturated rings. The molecule has 0 unspecified atom stereocenters. The molecular formula is C16H13N3O2. The smallest absolute Gasteiger partial charge is 0.243 e. The van der Waals surface area contributed by atoms with E-state index in [0.717, 1.165) is 0 Å². The average molecular weight is 279 g/mol. The highest BCUT2D eigenvalue weighted by molar-refractivity contribution is 6.35. The first-order chi connectivity index (χ1) is 10.2. The minimum absolute atomic E-state index is 0.145. The zero-order valence-corrected chi connectivity index (χ0v) is 11.2. The van der Waals surface area contributed by atoms with Crippen LogP contribution < -0.4 is 9.80 Å². The molecule has 1 saturated heterocycles. The number of amides is 2. The lowest BCUT2D eigenvalue weighted by atomic mass is 10.2. The van der Waals surface area contributed by atoms with Crippen LogP contribution in [0.3, 0.4) is 0 Å². The largest absolute Gasteiger partial charge is 0.273 e. The van der Waals surface area contributed by atoms with E-state index in [9.17, 15) is 9.59 Å². The van der Waals surface area contributed by atoms with Gasteiger partial charge in [0.2, 0.25) is 17.8 Å². The van der Waals surface area contributed by atoms with Crippen LogP contribution in [-0.2, 0) is 9.59 Å². The summed E-state index contributed by atoms with van der Waals surface area (Å²) in [6.45, 7) is 0. The Morgan fingerprint density at radius 3 is 1.48 bits per heavy atom. The predicted octanol–water partition coefficient (Wildman–Crippen LogP) is 2.39. The third-order valence-corrected chi connectivity index (χ3v) is 3.25. The van der Waals surface area contributed by atoms with E-state index in [1.807, 2.05) is 12.1 Å².